The number of para-hydroxylation sites is 1. The molecular weight excluding hydrogens is 332 g/mol. The fourth-order valence-corrected chi connectivity index (χ4v) is 3.02. The summed E-state index contributed by atoms with van der Waals surface area (Å²) in [5.74, 6) is -0.915. The number of hydrogen-bond acceptors (Lipinski definition) is 3. The van der Waals surface area contributed by atoms with Crippen LogP contribution in [-0.4, -0.2) is 39.5 Å². The zero-order valence-electron chi connectivity index (χ0n) is 14.1. The van der Waals surface area contributed by atoms with E-state index in [9.17, 15) is 4.79 Å². The molecule has 2 aromatic carbocycles. The first kappa shape index (κ1) is 17.0. The quantitative estimate of drug-likeness (QED) is 0.723. The Bertz CT molecular complexity index is 969. The number of carboxylic acid groups (broad SMARTS) is 1. The van der Waals surface area contributed by atoms with E-state index in [1.54, 1.807) is 11.9 Å². The average Bonchev–Trinajstić information content (AvgIpc) is 2.59. The minimum atomic E-state index is -0.915. The highest BCUT2D eigenvalue weighted by Crippen LogP contribution is 2.26. The summed E-state index contributed by atoms with van der Waals surface area (Å²) >= 11 is 5.56. The van der Waals surface area contributed by atoms with Gasteiger partial charge in [0, 0.05) is 23.6 Å². The highest BCUT2D eigenvalue weighted by atomic mass is 32.1. The first-order chi connectivity index (χ1) is 12.0. The summed E-state index contributed by atoms with van der Waals surface area (Å²) in [4.78, 5) is 17.8. The van der Waals surface area contributed by atoms with E-state index in [1.165, 1.54) is 0 Å². The minimum Gasteiger partial charge on any atom is -0.480 e. The number of nitrogens with zero attached hydrogens (tertiary/aromatic N) is 2. The van der Waals surface area contributed by atoms with Crippen molar-refractivity contribution in [2.75, 3.05) is 13.6 Å². The molecule has 0 radical (unpaired) electrons. The molecule has 0 bridgehead atoms. The zero-order chi connectivity index (χ0) is 18.0. The van der Waals surface area contributed by atoms with E-state index in [1.807, 2.05) is 55.5 Å². The van der Waals surface area contributed by atoms with Crippen molar-refractivity contribution in [2.45, 2.75) is 6.92 Å². The molecule has 25 heavy (non-hydrogen) atoms. The highest BCUT2D eigenvalue weighted by molar-refractivity contribution is 7.80. The number of carbonyl (C=O) groups is 1. The van der Waals surface area contributed by atoms with Crippen LogP contribution >= 0.6 is 12.2 Å². The SMILES string of the molecule is Cc1cccc(-c2cc(C(=S)N(C)CC(=O)O)c3ccccc3n2)c1. The second kappa shape index (κ2) is 6.99. The predicted octanol–water partition coefficient (Wildman–Crippen LogP) is 3.90. The molecule has 0 spiro atoms. The van der Waals surface area contributed by atoms with Crippen molar-refractivity contribution in [3.05, 3.63) is 65.7 Å². The van der Waals surface area contributed by atoms with Gasteiger partial charge in [-0.3, -0.25) is 4.79 Å². The number of benzene rings is 2. The Kier molecular flexibility index (Phi) is 4.76. The summed E-state index contributed by atoms with van der Waals surface area (Å²) in [7, 11) is 1.69. The maximum atomic E-state index is 11.0. The minimum absolute atomic E-state index is 0.144. The number of pyridine rings is 1. The van der Waals surface area contributed by atoms with Crippen molar-refractivity contribution in [1.82, 2.24) is 9.88 Å². The van der Waals surface area contributed by atoms with Crippen molar-refractivity contribution in [3.8, 4) is 11.3 Å². The smallest absolute Gasteiger partial charge is 0.323 e. The number of aromatic nitrogens is 1. The predicted molar refractivity (Wildman–Crippen MR) is 104 cm³/mol. The molecule has 1 N–H and O–H groups in total. The molecule has 0 saturated carbocycles. The molecule has 4 nitrogen and oxygen atoms in total. The van der Waals surface area contributed by atoms with Crippen LogP contribution in [-0.2, 0) is 4.79 Å². The number of aryl methyl sites for hydroxylation is 1. The van der Waals surface area contributed by atoms with Gasteiger partial charge in [-0.05, 0) is 25.1 Å². The maximum absolute atomic E-state index is 11.0. The maximum Gasteiger partial charge on any atom is 0.323 e. The number of fused-ring (bicyclic) bond motifs is 1. The van der Waals surface area contributed by atoms with Crippen LogP contribution < -0.4 is 0 Å². The van der Waals surface area contributed by atoms with Crippen LogP contribution in [0.1, 0.15) is 11.1 Å². The number of rotatable bonds is 4. The van der Waals surface area contributed by atoms with Gasteiger partial charge in [-0.1, -0.05) is 54.2 Å². The van der Waals surface area contributed by atoms with E-state index >= 15 is 0 Å². The third-order valence-electron chi connectivity index (χ3n) is 3.98. The lowest BCUT2D eigenvalue weighted by Gasteiger charge is -2.20. The molecule has 0 aliphatic heterocycles. The molecule has 126 valence electrons. The summed E-state index contributed by atoms with van der Waals surface area (Å²) in [5, 5.41) is 9.96. The summed E-state index contributed by atoms with van der Waals surface area (Å²) < 4.78 is 0. The Labute approximate surface area is 151 Å². The average molecular weight is 350 g/mol. The van der Waals surface area contributed by atoms with Crippen LogP contribution in [0.15, 0.2) is 54.6 Å². The van der Waals surface area contributed by atoms with E-state index in [0.717, 1.165) is 33.3 Å². The lowest BCUT2D eigenvalue weighted by atomic mass is 10.0. The van der Waals surface area contributed by atoms with Gasteiger partial charge in [0.2, 0.25) is 0 Å². The van der Waals surface area contributed by atoms with Crippen molar-refractivity contribution in [1.29, 1.82) is 0 Å². The number of hydrogen-bond donors (Lipinski definition) is 1. The van der Waals surface area contributed by atoms with Gasteiger partial charge in [0.05, 0.1) is 11.2 Å². The van der Waals surface area contributed by atoms with E-state index in [-0.39, 0.29) is 6.54 Å². The molecule has 5 heteroatoms. The Morgan fingerprint density at radius 1 is 1.16 bits per heavy atom. The Morgan fingerprint density at radius 2 is 1.92 bits per heavy atom. The molecule has 3 aromatic rings. The standard InChI is InChI=1S/C20H18N2O2S/c1-13-6-5-7-14(10-13)18-11-16(20(25)22(2)12-19(23)24)15-8-3-4-9-17(15)21-18/h3-11H,12H2,1-2H3,(H,23,24). The van der Waals surface area contributed by atoms with Crippen LogP contribution in [0, 0.1) is 6.92 Å². The van der Waals surface area contributed by atoms with Crippen LogP contribution in [0.2, 0.25) is 0 Å². The first-order valence-corrected chi connectivity index (χ1v) is 8.30. The van der Waals surface area contributed by atoms with Gasteiger partial charge in [-0.25, -0.2) is 4.98 Å². The Balaban J connectivity index is 2.16. The van der Waals surface area contributed by atoms with Gasteiger partial charge < -0.3 is 10.0 Å². The summed E-state index contributed by atoms with van der Waals surface area (Å²) in [6, 6.07) is 17.8. The van der Waals surface area contributed by atoms with E-state index in [0.29, 0.717) is 4.99 Å². The number of aliphatic carboxylic acids is 1. The first-order valence-electron chi connectivity index (χ1n) is 7.90. The van der Waals surface area contributed by atoms with Crippen molar-refractivity contribution in [2.24, 2.45) is 0 Å². The second-order valence-corrected chi connectivity index (χ2v) is 6.38. The lowest BCUT2D eigenvalue weighted by Crippen LogP contribution is -2.31. The molecule has 0 amide bonds. The van der Waals surface area contributed by atoms with Crippen molar-refractivity contribution in [3.63, 3.8) is 0 Å². The lowest BCUT2D eigenvalue weighted by molar-refractivity contribution is -0.137. The molecule has 0 fully saturated rings. The van der Waals surface area contributed by atoms with Crippen LogP contribution in [0.4, 0.5) is 0 Å². The summed E-state index contributed by atoms with van der Waals surface area (Å²) in [6.45, 7) is 1.89. The molecule has 0 atom stereocenters. The highest BCUT2D eigenvalue weighted by Gasteiger charge is 2.16. The van der Waals surface area contributed by atoms with Crippen LogP contribution in [0.25, 0.3) is 22.2 Å². The molecule has 3 rings (SSSR count). The number of thiocarbonyl (C=S) groups is 1. The molecule has 0 unspecified atom stereocenters. The topological polar surface area (TPSA) is 53.4 Å². The van der Waals surface area contributed by atoms with Crippen molar-refractivity contribution < 1.29 is 9.90 Å². The van der Waals surface area contributed by atoms with Gasteiger partial charge >= 0.3 is 5.97 Å². The molecular formula is C20H18N2O2S. The molecule has 1 aromatic heterocycles. The monoisotopic (exact) mass is 350 g/mol. The van der Waals surface area contributed by atoms with Crippen LogP contribution in [0.3, 0.4) is 0 Å². The summed E-state index contributed by atoms with van der Waals surface area (Å²) in [5.41, 5.74) is 4.64. The largest absolute Gasteiger partial charge is 0.480 e. The molecule has 0 aliphatic carbocycles. The van der Waals surface area contributed by atoms with E-state index < -0.39 is 5.97 Å². The Morgan fingerprint density at radius 3 is 2.64 bits per heavy atom. The molecule has 1 heterocycles. The van der Waals surface area contributed by atoms with Gasteiger partial charge in [-0.15, -0.1) is 0 Å². The Hall–Kier alpha value is -2.79. The normalized spacial score (nSPS) is 10.6. The molecule has 0 saturated heterocycles. The summed E-state index contributed by atoms with van der Waals surface area (Å²) in [6.07, 6.45) is 0. The fourth-order valence-electron chi connectivity index (χ4n) is 2.78. The van der Waals surface area contributed by atoms with Gasteiger partial charge in [0.15, 0.2) is 0 Å². The zero-order valence-corrected chi connectivity index (χ0v) is 14.9. The number of carboxylic acids is 1. The second-order valence-electron chi connectivity index (χ2n) is 6.00. The number of likely N-dealkylation sites (N-methyl/N-ethyl adjacent to an activating group) is 1. The molecule has 0 aliphatic rings. The van der Waals surface area contributed by atoms with Gasteiger partial charge in [0.25, 0.3) is 0 Å². The van der Waals surface area contributed by atoms with Gasteiger partial charge in [-0.2, -0.15) is 0 Å². The van der Waals surface area contributed by atoms with Gasteiger partial charge in [0.1, 0.15) is 11.5 Å². The van der Waals surface area contributed by atoms with Crippen LogP contribution in [0.5, 0.6) is 0 Å². The third-order valence-corrected chi connectivity index (χ3v) is 4.51. The third kappa shape index (κ3) is 3.67. The van der Waals surface area contributed by atoms with Crippen molar-refractivity contribution >= 4 is 34.1 Å². The van der Waals surface area contributed by atoms with E-state index in [4.69, 9.17) is 22.3 Å². The van der Waals surface area contributed by atoms with E-state index in [2.05, 4.69) is 6.07 Å². The fraction of sp³-hybridized carbons (Fsp3) is 0.150.